The second-order valence-electron chi connectivity index (χ2n) is 9.13. The molecule has 5 rings (SSSR count). The fourth-order valence-electron chi connectivity index (χ4n) is 4.78. The molecule has 0 spiro atoms. The van der Waals surface area contributed by atoms with Crippen LogP contribution in [0, 0.1) is 0 Å². The van der Waals surface area contributed by atoms with E-state index in [0.29, 0.717) is 48.6 Å². The third kappa shape index (κ3) is 4.51. The highest BCUT2D eigenvalue weighted by atomic mass is 16.5. The molecule has 35 heavy (non-hydrogen) atoms. The van der Waals surface area contributed by atoms with Gasteiger partial charge in [0.25, 0.3) is 5.91 Å². The molecule has 2 aliphatic rings. The molecule has 3 aromatic rings. The van der Waals surface area contributed by atoms with E-state index in [-0.39, 0.29) is 23.2 Å². The molecule has 3 heterocycles. The van der Waals surface area contributed by atoms with Gasteiger partial charge in [0.05, 0.1) is 43.4 Å². The molecule has 2 aliphatic heterocycles. The van der Waals surface area contributed by atoms with Crippen molar-refractivity contribution in [2.75, 3.05) is 46.5 Å². The molecular formula is C27H30N2O6. The first-order valence-corrected chi connectivity index (χ1v) is 12.0. The van der Waals surface area contributed by atoms with Crippen molar-refractivity contribution in [1.29, 1.82) is 0 Å². The van der Waals surface area contributed by atoms with Gasteiger partial charge in [-0.15, -0.1) is 0 Å². The SMILES string of the molecule is COc1ccc2c(=O)c3c(oc2c1)C(=O)N(CCN1CCOCC1)C3c1ccc(OC(C)C)cc1. The van der Waals surface area contributed by atoms with Gasteiger partial charge in [-0.05, 0) is 43.7 Å². The minimum Gasteiger partial charge on any atom is -0.497 e. The van der Waals surface area contributed by atoms with Crippen molar-refractivity contribution in [3.05, 3.63) is 69.6 Å². The maximum absolute atomic E-state index is 13.7. The molecule has 1 amide bonds. The van der Waals surface area contributed by atoms with Gasteiger partial charge < -0.3 is 23.5 Å². The number of nitrogens with zero attached hydrogens (tertiary/aromatic N) is 2. The van der Waals surface area contributed by atoms with Crippen molar-refractivity contribution in [3.8, 4) is 11.5 Å². The summed E-state index contributed by atoms with van der Waals surface area (Å²) in [7, 11) is 1.55. The Morgan fingerprint density at radius 3 is 2.40 bits per heavy atom. The van der Waals surface area contributed by atoms with E-state index in [4.69, 9.17) is 18.6 Å². The van der Waals surface area contributed by atoms with Crippen molar-refractivity contribution in [2.24, 2.45) is 0 Å². The Morgan fingerprint density at radius 1 is 1.00 bits per heavy atom. The number of hydrogen-bond donors (Lipinski definition) is 0. The Hall–Kier alpha value is -3.36. The first kappa shape index (κ1) is 23.4. The van der Waals surface area contributed by atoms with E-state index in [2.05, 4.69) is 4.90 Å². The number of hydrogen-bond acceptors (Lipinski definition) is 7. The van der Waals surface area contributed by atoms with Crippen LogP contribution in [0.3, 0.4) is 0 Å². The molecule has 1 unspecified atom stereocenters. The first-order valence-electron chi connectivity index (χ1n) is 12.0. The van der Waals surface area contributed by atoms with Crippen LogP contribution >= 0.6 is 0 Å². The predicted octanol–water partition coefficient (Wildman–Crippen LogP) is 3.47. The summed E-state index contributed by atoms with van der Waals surface area (Å²) in [6.07, 6.45) is 0.0510. The van der Waals surface area contributed by atoms with Crippen LogP contribution in [0.15, 0.2) is 51.7 Å². The molecule has 8 nitrogen and oxygen atoms in total. The molecule has 0 saturated carbocycles. The number of carbonyl (C=O) groups is 1. The lowest BCUT2D eigenvalue weighted by Crippen LogP contribution is -2.42. The number of carbonyl (C=O) groups excluding carboxylic acids is 1. The largest absolute Gasteiger partial charge is 0.497 e. The van der Waals surface area contributed by atoms with E-state index < -0.39 is 6.04 Å². The van der Waals surface area contributed by atoms with Crippen LogP contribution in [0.25, 0.3) is 11.0 Å². The van der Waals surface area contributed by atoms with Crippen molar-refractivity contribution < 1.29 is 23.4 Å². The molecule has 1 fully saturated rings. The monoisotopic (exact) mass is 478 g/mol. The molecule has 2 aromatic carbocycles. The normalized spacial score (nSPS) is 18.3. The van der Waals surface area contributed by atoms with Crippen LogP contribution in [0.4, 0.5) is 0 Å². The number of morpholine rings is 1. The van der Waals surface area contributed by atoms with Crippen LogP contribution in [-0.2, 0) is 4.74 Å². The average Bonchev–Trinajstić information content (AvgIpc) is 3.15. The lowest BCUT2D eigenvalue weighted by Gasteiger charge is -2.31. The fraction of sp³-hybridized carbons (Fsp3) is 0.407. The summed E-state index contributed by atoms with van der Waals surface area (Å²) in [4.78, 5) is 31.3. The van der Waals surface area contributed by atoms with Crippen LogP contribution in [0.5, 0.6) is 11.5 Å². The minimum atomic E-state index is -0.533. The van der Waals surface area contributed by atoms with Gasteiger partial charge in [0, 0.05) is 32.2 Å². The Balaban J connectivity index is 1.57. The van der Waals surface area contributed by atoms with Crippen LogP contribution in [0.1, 0.15) is 41.6 Å². The van der Waals surface area contributed by atoms with E-state index in [0.717, 1.165) is 24.4 Å². The zero-order valence-corrected chi connectivity index (χ0v) is 20.3. The Kier molecular flexibility index (Phi) is 6.49. The Labute approximate surface area is 204 Å². The van der Waals surface area contributed by atoms with E-state index >= 15 is 0 Å². The van der Waals surface area contributed by atoms with E-state index in [9.17, 15) is 9.59 Å². The number of rotatable bonds is 7. The van der Waals surface area contributed by atoms with Gasteiger partial charge in [0.15, 0.2) is 5.43 Å². The highest BCUT2D eigenvalue weighted by Gasteiger charge is 2.42. The summed E-state index contributed by atoms with van der Waals surface area (Å²) >= 11 is 0. The maximum atomic E-state index is 13.7. The van der Waals surface area contributed by atoms with Gasteiger partial charge in [0.1, 0.15) is 17.1 Å². The van der Waals surface area contributed by atoms with Gasteiger partial charge in [-0.1, -0.05) is 12.1 Å². The molecule has 0 N–H and O–H groups in total. The van der Waals surface area contributed by atoms with Gasteiger partial charge >= 0.3 is 0 Å². The standard InChI is InChI=1S/C27H30N2O6/c1-17(2)34-19-6-4-18(5-7-19)24-23-25(30)21-9-8-20(32-3)16-22(21)35-26(23)27(31)29(24)11-10-28-12-14-33-15-13-28/h4-9,16-17,24H,10-15H2,1-3H3. The number of benzene rings is 2. The highest BCUT2D eigenvalue weighted by Crippen LogP contribution is 2.39. The summed E-state index contributed by atoms with van der Waals surface area (Å²) in [5.41, 5.74) is 1.37. The van der Waals surface area contributed by atoms with Crippen molar-refractivity contribution in [1.82, 2.24) is 9.80 Å². The summed E-state index contributed by atoms with van der Waals surface area (Å²) in [5, 5.41) is 0.428. The Bertz CT molecular complexity index is 1280. The average molecular weight is 479 g/mol. The van der Waals surface area contributed by atoms with Crippen molar-refractivity contribution >= 4 is 16.9 Å². The molecule has 1 aromatic heterocycles. The number of methoxy groups -OCH3 is 1. The Morgan fingerprint density at radius 2 is 1.71 bits per heavy atom. The number of fused-ring (bicyclic) bond motifs is 2. The molecule has 1 saturated heterocycles. The quantitative estimate of drug-likeness (QED) is 0.514. The topological polar surface area (TPSA) is 81.5 Å². The van der Waals surface area contributed by atoms with Gasteiger partial charge in [-0.25, -0.2) is 0 Å². The second kappa shape index (κ2) is 9.71. The van der Waals surface area contributed by atoms with Gasteiger partial charge in [0.2, 0.25) is 5.76 Å². The van der Waals surface area contributed by atoms with Crippen LogP contribution < -0.4 is 14.9 Å². The molecule has 184 valence electrons. The number of amides is 1. The first-order chi connectivity index (χ1) is 17.0. The predicted molar refractivity (Wildman–Crippen MR) is 131 cm³/mol. The lowest BCUT2D eigenvalue weighted by molar-refractivity contribution is 0.0314. The zero-order valence-electron chi connectivity index (χ0n) is 20.3. The summed E-state index contributed by atoms with van der Waals surface area (Å²) in [5.74, 6) is 1.13. The van der Waals surface area contributed by atoms with E-state index in [1.807, 2.05) is 38.1 Å². The third-order valence-corrected chi connectivity index (χ3v) is 6.50. The highest BCUT2D eigenvalue weighted by molar-refractivity contribution is 5.99. The van der Waals surface area contributed by atoms with Gasteiger partial charge in [-0.3, -0.25) is 14.5 Å². The molecule has 8 heteroatoms. The van der Waals surface area contributed by atoms with Crippen molar-refractivity contribution in [3.63, 3.8) is 0 Å². The van der Waals surface area contributed by atoms with E-state index in [1.165, 1.54) is 0 Å². The number of ether oxygens (including phenoxy) is 3. The summed E-state index contributed by atoms with van der Waals surface area (Å²) in [6, 6.07) is 12.1. The fourth-order valence-corrected chi connectivity index (χ4v) is 4.78. The molecule has 0 radical (unpaired) electrons. The van der Waals surface area contributed by atoms with Crippen molar-refractivity contribution in [2.45, 2.75) is 26.0 Å². The molecule has 1 atom stereocenters. The summed E-state index contributed by atoms with van der Waals surface area (Å²) in [6.45, 7) is 8.11. The molecular weight excluding hydrogens is 448 g/mol. The molecule has 0 bridgehead atoms. The smallest absolute Gasteiger partial charge is 0.290 e. The zero-order chi connectivity index (χ0) is 24.5. The van der Waals surface area contributed by atoms with Gasteiger partial charge in [-0.2, -0.15) is 0 Å². The lowest BCUT2D eigenvalue weighted by atomic mass is 9.98. The van der Waals surface area contributed by atoms with E-state index in [1.54, 1.807) is 30.2 Å². The van der Waals surface area contributed by atoms with Crippen LogP contribution in [0.2, 0.25) is 0 Å². The summed E-state index contributed by atoms with van der Waals surface area (Å²) < 4.78 is 22.6. The minimum absolute atomic E-state index is 0.0510. The van der Waals surface area contributed by atoms with Crippen LogP contribution in [-0.4, -0.2) is 68.3 Å². The molecule has 0 aliphatic carbocycles. The second-order valence-corrected chi connectivity index (χ2v) is 9.13. The third-order valence-electron chi connectivity index (χ3n) is 6.50. The maximum Gasteiger partial charge on any atom is 0.290 e.